The van der Waals surface area contributed by atoms with Crippen molar-refractivity contribution < 1.29 is 9.47 Å². The number of nitrogens with one attached hydrogen (secondary N) is 2. The Hall–Kier alpha value is -0.120. The van der Waals surface area contributed by atoms with E-state index in [9.17, 15) is 0 Å². The number of hydrogen-bond acceptors (Lipinski definition) is 4. The van der Waals surface area contributed by atoms with E-state index in [1.165, 1.54) is 6.42 Å². The smallest absolute Gasteiger partial charge is 0.191 e. The number of ether oxygens (including phenoxy) is 2. The lowest BCUT2D eigenvalue weighted by atomic mass is 10.0. The zero-order chi connectivity index (χ0) is 17.3. The van der Waals surface area contributed by atoms with Gasteiger partial charge in [-0.3, -0.25) is 9.89 Å². The van der Waals surface area contributed by atoms with Gasteiger partial charge in [-0.15, -0.1) is 24.0 Å². The molecule has 1 rings (SSSR count). The van der Waals surface area contributed by atoms with Crippen molar-refractivity contribution in [3.63, 3.8) is 0 Å². The highest BCUT2D eigenvalue weighted by Gasteiger charge is 2.22. The molecule has 6 nitrogen and oxygen atoms in total. The minimum Gasteiger partial charge on any atom is -0.379 e. The molecule has 0 aromatic carbocycles. The van der Waals surface area contributed by atoms with Crippen LogP contribution < -0.4 is 10.6 Å². The van der Waals surface area contributed by atoms with Crippen LogP contribution in [0.5, 0.6) is 0 Å². The second-order valence-electron chi connectivity index (χ2n) is 7.20. The van der Waals surface area contributed by atoms with Gasteiger partial charge in [0.05, 0.1) is 18.8 Å². The van der Waals surface area contributed by atoms with E-state index in [2.05, 4.69) is 48.2 Å². The van der Waals surface area contributed by atoms with E-state index in [1.807, 2.05) is 0 Å². The van der Waals surface area contributed by atoms with Crippen molar-refractivity contribution in [1.82, 2.24) is 15.5 Å². The quantitative estimate of drug-likeness (QED) is 0.332. The molecule has 1 atom stereocenters. The van der Waals surface area contributed by atoms with Crippen LogP contribution in [0, 0.1) is 5.92 Å². The summed E-state index contributed by atoms with van der Waals surface area (Å²) in [5.41, 5.74) is -0.209. The lowest BCUT2D eigenvalue weighted by molar-refractivity contribution is 0.0131. The third-order valence-electron chi connectivity index (χ3n) is 4.27. The molecule has 0 amide bonds. The molecule has 1 saturated heterocycles. The van der Waals surface area contributed by atoms with Gasteiger partial charge >= 0.3 is 0 Å². The monoisotopic (exact) mass is 456 g/mol. The van der Waals surface area contributed by atoms with Gasteiger partial charge in [0.2, 0.25) is 0 Å². The van der Waals surface area contributed by atoms with E-state index < -0.39 is 0 Å². The maximum atomic E-state index is 5.48. The highest BCUT2D eigenvalue weighted by Crippen LogP contribution is 2.13. The Morgan fingerprint density at radius 2 is 1.88 bits per heavy atom. The van der Waals surface area contributed by atoms with Crippen molar-refractivity contribution in [3.05, 3.63) is 0 Å². The third kappa shape index (κ3) is 9.39. The normalized spacial score (nSPS) is 18.2. The van der Waals surface area contributed by atoms with Crippen molar-refractivity contribution >= 4 is 29.9 Å². The summed E-state index contributed by atoms with van der Waals surface area (Å²) in [5, 5.41) is 6.81. The summed E-state index contributed by atoms with van der Waals surface area (Å²) >= 11 is 0. The largest absolute Gasteiger partial charge is 0.379 e. The first-order valence-electron chi connectivity index (χ1n) is 8.69. The summed E-state index contributed by atoms with van der Waals surface area (Å²) in [6.07, 6.45) is 1.17. The van der Waals surface area contributed by atoms with E-state index in [-0.39, 0.29) is 29.6 Å². The van der Waals surface area contributed by atoms with Crippen molar-refractivity contribution in [1.29, 1.82) is 0 Å². The fourth-order valence-corrected chi connectivity index (χ4v) is 2.65. The summed E-state index contributed by atoms with van der Waals surface area (Å²) in [6.45, 7) is 14.0. The molecule has 7 heteroatoms. The summed E-state index contributed by atoms with van der Waals surface area (Å²) in [5.74, 6) is 1.50. The second-order valence-corrected chi connectivity index (χ2v) is 7.20. The van der Waals surface area contributed by atoms with Crippen LogP contribution in [0.4, 0.5) is 0 Å². The van der Waals surface area contributed by atoms with Gasteiger partial charge in [0, 0.05) is 46.4 Å². The first-order chi connectivity index (χ1) is 10.9. The van der Waals surface area contributed by atoms with Gasteiger partial charge in [0.15, 0.2) is 5.96 Å². The number of methoxy groups -OCH3 is 1. The van der Waals surface area contributed by atoms with Crippen LogP contribution in [0.1, 0.15) is 34.1 Å². The maximum Gasteiger partial charge on any atom is 0.191 e. The highest BCUT2D eigenvalue weighted by molar-refractivity contribution is 14.0. The van der Waals surface area contributed by atoms with Crippen molar-refractivity contribution in [2.45, 2.75) is 45.8 Å². The molecule has 1 fully saturated rings. The standard InChI is InChI=1S/C17H36N4O2.HI/c1-14(2)11-15(21-7-9-23-10-8-21)12-19-16(18-5)20-13-17(3,4)22-6;/h14-15H,7-13H2,1-6H3,(H2,18,19,20);1H. The average molecular weight is 456 g/mol. The molecule has 0 spiro atoms. The predicted molar refractivity (Wildman–Crippen MR) is 112 cm³/mol. The molecular formula is C17H37IN4O2. The first-order valence-corrected chi connectivity index (χ1v) is 8.69. The number of nitrogens with zero attached hydrogens (tertiary/aromatic N) is 2. The van der Waals surface area contributed by atoms with E-state index in [0.717, 1.165) is 45.4 Å². The number of rotatable bonds is 8. The van der Waals surface area contributed by atoms with Gasteiger partial charge < -0.3 is 20.1 Å². The molecule has 0 aliphatic carbocycles. The predicted octanol–water partition coefficient (Wildman–Crippen LogP) is 1.94. The Kier molecular flexibility index (Phi) is 12.2. The number of halogens is 1. The number of guanidine groups is 1. The van der Waals surface area contributed by atoms with E-state index in [4.69, 9.17) is 9.47 Å². The van der Waals surface area contributed by atoms with Crippen LogP contribution in [0.3, 0.4) is 0 Å². The number of hydrogen-bond donors (Lipinski definition) is 2. The van der Waals surface area contributed by atoms with Crippen LogP contribution in [0.15, 0.2) is 4.99 Å². The molecule has 0 radical (unpaired) electrons. The topological polar surface area (TPSA) is 58.1 Å². The van der Waals surface area contributed by atoms with Gasteiger partial charge in [0.25, 0.3) is 0 Å². The van der Waals surface area contributed by atoms with Crippen LogP contribution >= 0.6 is 24.0 Å². The van der Waals surface area contributed by atoms with E-state index in [0.29, 0.717) is 12.0 Å². The minimum atomic E-state index is -0.209. The van der Waals surface area contributed by atoms with Crippen molar-refractivity contribution in [2.24, 2.45) is 10.9 Å². The second kappa shape index (κ2) is 12.3. The number of morpholine rings is 1. The molecule has 0 aromatic heterocycles. The fraction of sp³-hybridized carbons (Fsp3) is 0.941. The third-order valence-corrected chi connectivity index (χ3v) is 4.27. The molecule has 0 bridgehead atoms. The SMILES string of the molecule is CN=C(NCC(CC(C)C)N1CCOCC1)NCC(C)(C)OC.I. The molecule has 2 N–H and O–H groups in total. The van der Waals surface area contributed by atoms with Crippen LogP contribution in [-0.4, -0.2) is 76.1 Å². The lowest BCUT2D eigenvalue weighted by Gasteiger charge is -2.36. The summed E-state index contributed by atoms with van der Waals surface area (Å²) in [4.78, 5) is 6.85. The zero-order valence-corrected chi connectivity index (χ0v) is 18.6. The molecule has 1 aliphatic rings. The van der Waals surface area contributed by atoms with Gasteiger partial charge in [-0.1, -0.05) is 13.8 Å². The van der Waals surface area contributed by atoms with E-state index in [1.54, 1.807) is 14.2 Å². The van der Waals surface area contributed by atoms with Crippen LogP contribution in [0.2, 0.25) is 0 Å². The number of aliphatic imine (C=N–C) groups is 1. The Bertz CT molecular complexity index is 358. The summed E-state index contributed by atoms with van der Waals surface area (Å²) < 4.78 is 10.9. The van der Waals surface area contributed by atoms with Gasteiger partial charge in [0.1, 0.15) is 0 Å². The Labute approximate surface area is 165 Å². The van der Waals surface area contributed by atoms with Gasteiger partial charge in [-0.2, -0.15) is 0 Å². The van der Waals surface area contributed by atoms with Crippen molar-refractivity contribution in [2.75, 3.05) is 53.6 Å². The summed E-state index contributed by atoms with van der Waals surface area (Å²) in [7, 11) is 3.54. The molecule has 0 saturated carbocycles. The fourth-order valence-electron chi connectivity index (χ4n) is 2.65. The van der Waals surface area contributed by atoms with Crippen LogP contribution in [-0.2, 0) is 9.47 Å². The maximum absolute atomic E-state index is 5.48. The molecule has 1 unspecified atom stereocenters. The Morgan fingerprint density at radius 1 is 1.25 bits per heavy atom. The summed E-state index contributed by atoms with van der Waals surface area (Å²) in [6, 6.07) is 0.507. The molecule has 144 valence electrons. The van der Waals surface area contributed by atoms with E-state index >= 15 is 0 Å². The molecule has 0 aromatic rings. The van der Waals surface area contributed by atoms with Crippen molar-refractivity contribution in [3.8, 4) is 0 Å². The van der Waals surface area contributed by atoms with Gasteiger partial charge in [-0.05, 0) is 26.2 Å². The minimum absolute atomic E-state index is 0. The molecule has 1 heterocycles. The Balaban J connectivity index is 0.00000529. The Morgan fingerprint density at radius 3 is 2.38 bits per heavy atom. The lowest BCUT2D eigenvalue weighted by Crippen LogP contribution is -2.52. The molecule has 24 heavy (non-hydrogen) atoms. The van der Waals surface area contributed by atoms with Gasteiger partial charge in [-0.25, -0.2) is 0 Å². The van der Waals surface area contributed by atoms with Crippen LogP contribution in [0.25, 0.3) is 0 Å². The molecule has 1 aliphatic heterocycles. The molecular weight excluding hydrogens is 419 g/mol. The average Bonchev–Trinajstić information content (AvgIpc) is 2.54. The first kappa shape index (κ1) is 23.9. The zero-order valence-electron chi connectivity index (χ0n) is 16.2. The highest BCUT2D eigenvalue weighted by atomic mass is 127.